The maximum atomic E-state index is 13.3. The Morgan fingerprint density at radius 1 is 1.08 bits per heavy atom. The molecule has 5 nitrogen and oxygen atoms in total. The predicted molar refractivity (Wildman–Crippen MR) is 90.4 cm³/mol. The Balaban J connectivity index is 1.58. The number of urea groups is 1. The number of halogens is 1. The number of amides is 2. The lowest BCUT2D eigenvalue weighted by molar-refractivity contribution is 0.208. The van der Waals surface area contributed by atoms with Gasteiger partial charge in [-0.15, -0.1) is 0 Å². The fourth-order valence-electron chi connectivity index (χ4n) is 2.71. The minimum atomic E-state index is -0.259. The van der Waals surface area contributed by atoms with Gasteiger partial charge in [-0.1, -0.05) is 12.1 Å². The highest BCUT2D eigenvalue weighted by Crippen LogP contribution is 2.18. The fraction of sp³-hybridized carbons (Fsp3) is 0.222. The molecule has 0 aliphatic carbocycles. The van der Waals surface area contributed by atoms with Crippen molar-refractivity contribution in [1.29, 1.82) is 5.26 Å². The monoisotopic (exact) mass is 324 g/mol. The van der Waals surface area contributed by atoms with Crippen LogP contribution in [-0.2, 0) is 0 Å². The molecule has 1 aliphatic heterocycles. The van der Waals surface area contributed by atoms with Crippen LogP contribution in [-0.4, -0.2) is 37.1 Å². The SMILES string of the molecule is N#Cc1cccc(NC(=O)N2CCN(c3cccc(F)c3)CC2)c1. The Hall–Kier alpha value is -3.07. The number of hydrogen-bond acceptors (Lipinski definition) is 3. The molecule has 6 heteroatoms. The maximum Gasteiger partial charge on any atom is 0.321 e. The molecule has 1 fully saturated rings. The van der Waals surface area contributed by atoms with Gasteiger partial charge in [-0.2, -0.15) is 5.26 Å². The van der Waals surface area contributed by atoms with Crippen LogP contribution in [0.2, 0.25) is 0 Å². The number of nitriles is 1. The van der Waals surface area contributed by atoms with Crippen molar-refractivity contribution < 1.29 is 9.18 Å². The Labute approximate surface area is 139 Å². The summed E-state index contributed by atoms with van der Waals surface area (Å²) in [5, 5.41) is 11.7. The second kappa shape index (κ2) is 7.01. The van der Waals surface area contributed by atoms with Gasteiger partial charge < -0.3 is 15.1 Å². The molecule has 0 aromatic heterocycles. The zero-order chi connectivity index (χ0) is 16.9. The van der Waals surface area contributed by atoms with Crippen molar-refractivity contribution >= 4 is 17.4 Å². The molecule has 2 aromatic carbocycles. The molecule has 2 amide bonds. The van der Waals surface area contributed by atoms with E-state index >= 15 is 0 Å². The first-order valence-corrected chi connectivity index (χ1v) is 7.72. The molecular weight excluding hydrogens is 307 g/mol. The Kier molecular flexibility index (Phi) is 4.62. The Morgan fingerprint density at radius 3 is 2.54 bits per heavy atom. The van der Waals surface area contributed by atoms with E-state index in [0.717, 1.165) is 5.69 Å². The molecule has 0 saturated carbocycles. The molecule has 0 unspecified atom stereocenters. The van der Waals surface area contributed by atoms with Crippen LogP contribution in [0, 0.1) is 17.1 Å². The number of benzene rings is 2. The van der Waals surface area contributed by atoms with E-state index in [4.69, 9.17) is 5.26 Å². The molecule has 0 atom stereocenters. The van der Waals surface area contributed by atoms with Gasteiger partial charge in [0.1, 0.15) is 5.82 Å². The van der Waals surface area contributed by atoms with Crippen LogP contribution in [0.4, 0.5) is 20.6 Å². The van der Waals surface area contributed by atoms with E-state index in [-0.39, 0.29) is 11.8 Å². The number of nitrogens with zero attached hydrogens (tertiary/aromatic N) is 3. The van der Waals surface area contributed by atoms with Gasteiger partial charge in [-0.05, 0) is 36.4 Å². The van der Waals surface area contributed by atoms with E-state index in [2.05, 4.69) is 10.2 Å². The Morgan fingerprint density at radius 2 is 1.83 bits per heavy atom. The van der Waals surface area contributed by atoms with Crippen molar-refractivity contribution in [3.63, 3.8) is 0 Å². The van der Waals surface area contributed by atoms with Crippen molar-refractivity contribution in [2.75, 3.05) is 36.4 Å². The second-order valence-electron chi connectivity index (χ2n) is 5.58. The number of piperazine rings is 1. The third-order valence-corrected chi connectivity index (χ3v) is 3.98. The van der Waals surface area contributed by atoms with Gasteiger partial charge in [0.25, 0.3) is 0 Å². The van der Waals surface area contributed by atoms with Crippen molar-refractivity contribution in [3.05, 3.63) is 59.9 Å². The fourth-order valence-corrected chi connectivity index (χ4v) is 2.71. The van der Waals surface area contributed by atoms with E-state index in [1.54, 1.807) is 35.2 Å². The van der Waals surface area contributed by atoms with Gasteiger partial charge >= 0.3 is 6.03 Å². The van der Waals surface area contributed by atoms with Crippen LogP contribution >= 0.6 is 0 Å². The average molecular weight is 324 g/mol. The lowest BCUT2D eigenvalue weighted by Crippen LogP contribution is -2.50. The zero-order valence-electron chi connectivity index (χ0n) is 13.1. The van der Waals surface area contributed by atoms with Crippen molar-refractivity contribution in [2.24, 2.45) is 0 Å². The molecule has 3 rings (SSSR count). The van der Waals surface area contributed by atoms with Gasteiger partial charge in [0.05, 0.1) is 11.6 Å². The number of nitrogens with one attached hydrogen (secondary N) is 1. The first-order chi connectivity index (χ1) is 11.7. The number of carbonyl (C=O) groups excluding carboxylic acids is 1. The molecular formula is C18H17FN4O. The van der Waals surface area contributed by atoms with Gasteiger partial charge in [0.15, 0.2) is 0 Å². The van der Waals surface area contributed by atoms with E-state index in [1.165, 1.54) is 12.1 Å². The molecule has 1 N–H and O–H groups in total. The summed E-state index contributed by atoms with van der Waals surface area (Å²) in [6, 6.07) is 15.1. The van der Waals surface area contributed by atoms with E-state index in [1.807, 2.05) is 12.1 Å². The Bertz CT molecular complexity index is 779. The topological polar surface area (TPSA) is 59.4 Å². The molecule has 122 valence electrons. The molecule has 2 aromatic rings. The van der Waals surface area contributed by atoms with Crippen molar-refractivity contribution in [2.45, 2.75) is 0 Å². The van der Waals surface area contributed by atoms with Crippen LogP contribution in [0.15, 0.2) is 48.5 Å². The molecule has 0 radical (unpaired) electrons. The van der Waals surface area contributed by atoms with Crippen molar-refractivity contribution in [1.82, 2.24) is 4.90 Å². The number of carbonyl (C=O) groups is 1. The summed E-state index contributed by atoms with van der Waals surface area (Å²) in [5.74, 6) is -0.259. The molecule has 1 heterocycles. The maximum absolute atomic E-state index is 13.3. The van der Waals surface area contributed by atoms with Crippen LogP contribution in [0.5, 0.6) is 0 Å². The summed E-state index contributed by atoms with van der Waals surface area (Å²) < 4.78 is 13.3. The molecule has 24 heavy (non-hydrogen) atoms. The standard InChI is InChI=1S/C18H17FN4O/c19-15-4-2-6-17(12-15)22-7-9-23(10-8-22)18(24)21-16-5-1-3-14(11-16)13-20/h1-6,11-12H,7-10H2,(H,21,24). The number of anilines is 2. The summed E-state index contributed by atoms with van der Waals surface area (Å²) in [5.41, 5.74) is 1.94. The lowest BCUT2D eigenvalue weighted by atomic mass is 10.2. The highest BCUT2D eigenvalue weighted by molar-refractivity contribution is 5.89. The quantitative estimate of drug-likeness (QED) is 0.923. The van der Waals surface area contributed by atoms with E-state index in [9.17, 15) is 9.18 Å². The van der Waals surface area contributed by atoms with Crippen LogP contribution < -0.4 is 10.2 Å². The van der Waals surface area contributed by atoms with Crippen LogP contribution in [0.3, 0.4) is 0 Å². The zero-order valence-corrected chi connectivity index (χ0v) is 13.1. The summed E-state index contributed by atoms with van der Waals surface area (Å²) in [4.78, 5) is 16.1. The first-order valence-electron chi connectivity index (χ1n) is 7.72. The number of hydrogen-bond donors (Lipinski definition) is 1. The van der Waals surface area contributed by atoms with E-state index < -0.39 is 0 Å². The average Bonchev–Trinajstić information content (AvgIpc) is 2.62. The third kappa shape index (κ3) is 3.63. The van der Waals surface area contributed by atoms with Gasteiger partial charge in [0.2, 0.25) is 0 Å². The smallest absolute Gasteiger partial charge is 0.321 e. The molecule has 1 aliphatic rings. The molecule has 1 saturated heterocycles. The summed E-state index contributed by atoms with van der Waals surface area (Å²) >= 11 is 0. The lowest BCUT2D eigenvalue weighted by Gasteiger charge is -2.36. The minimum absolute atomic E-state index is 0.191. The van der Waals surface area contributed by atoms with Gasteiger partial charge in [0, 0.05) is 37.6 Å². The predicted octanol–water partition coefficient (Wildman–Crippen LogP) is 3.05. The summed E-state index contributed by atoms with van der Waals surface area (Å²) in [6.45, 7) is 2.41. The minimum Gasteiger partial charge on any atom is -0.368 e. The number of rotatable bonds is 2. The normalized spacial score (nSPS) is 14.2. The van der Waals surface area contributed by atoms with Crippen molar-refractivity contribution in [3.8, 4) is 6.07 Å². The largest absolute Gasteiger partial charge is 0.368 e. The highest BCUT2D eigenvalue weighted by Gasteiger charge is 2.21. The van der Waals surface area contributed by atoms with Crippen LogP contribution in [0.1, 0.15) is 5.56 Å². The first kappa shape index (κ1) is 15.8. The van der Waals surface area contributed by atoms with E-state index in [0.29, 0.717) is 37.4 Å². The second-order valence-corrected chi connectivity index (χ2v) is 5.58. The summed E-state index contributed by atoms with van der Waals surface area (Å²) in [7, 11) is 0. The van der Waals surface area contributed by atoms with Crippen LogP contribution in [0.25, 0.3) is 0 Å². The van der Waals surface area contributed by atoms with Gasteiger partial charge in [-0.25, -0.2) is 9.18 Å². The molecule has 0 bridgehead atoms. The molecule has 0 spiro atoms. The van der Waals surface area contributed by atoms with Gasteiger partial charge in [-0.3, -0.25) is 0 Å². The highest BCUT2D eigenvalue weighted by atomic mass is 19.1. The summed E-state index contributed by atoms with van der Waals surface area (Å²) in [6.07, 6.45) is 0. The third-order valence-electron chi connectivity index (χ3n) is 3.98.